The third-order valence-corrected chi connectivity index (χ3v) is 8.34. The first-order valence-electron chi connectivity index (χ1n) is 8.33. The molecule has 1 aliphatic heterocycles. The quantitative estimate of drug-likeness (QED) is 0.656. The summed E-state index contributed by atoms with van der Waals surface area (Å²) in [5.74, 6) is -0.731. The van der Waals surface area contributed by atoms with E-state index < -0.39 is 15.3 Å². The van der Waals surface area contributed by atoms with Crippen LogP contribution in [0.3, 0.4) is 0 Å². The van der Waals surface area contributed by atoms with Crippen LogP contribution in [0.4, 0.5) is 5.69 Å². The average Bonchev–Trinajstić information content (AvgIpc) is 3.21. The number of sulfonamides is 1. The van der Waals surface area contributed by atoms with Gasteiger partial charge < -0.3 is 5.32 Å². The van der Waals surface area contributed by atoms with Crippen molar-refractivity contribution in [3.8, 4) is 0 Å². The highest BCUT2D eigenvalue weighted by Crippen LogP contribution is 2.33. The maximum atomic E-state index is 12.6. The predicted octanol–water partition coefficient (Wildman–Crippen LogP) is 4.09. The zero-order chi connectivity index (χ0) is 21.2. The molecule has 2 amide bonds. The first-order valence-corrected chi connectivity index (χ1v) is 12.2. The number of nitrogens with zero attached hydrogens (tertiary/aromatic N) is 2. The molecule has 0 bridgehead atoms. The summed E-state index contributed by atoms with van der Waals surface area (Å²) in [4.78, 5) is 26.2. The number of anilines is 1. The molecule has 1 atom stereocenters. The molecule has 1 aromatic carbocycles. The van der Waals surface area contributed by atoms with Gasteiger partial charge in [-0.2, -0.15) is 8.42 Å². The number of amides is 2. The predicted molar refractivity (Wildman–Crippen MR) is 117 cm³/mol. The largest absolute Gasteiger partial charge is 0.326 e. The average molecular weight is 492 g/mol. The first kappa shape index (κ1) is 22.1. The van der Waals surface area contributed by atoms with Crippen molar-refractivity contribution in [1.29, 1.82) is 0 Å². The second-order valence-corrected chi connectivity index (χ2v) is 11.0. The summed E-state index contributed by atoms with van der Waals surface area (Å²) in [7, 11) is -4.00. The number of halogens is 2. The van der Waals surface area contributed by atoms with E-state index in [1.54, 1.807) is 31.2 Å². The number of hydrogen-bond donors (Lipinski definition) is 1. The van der Waals surface area contributed by atoms with E-state index in [1.807, 2.05) is 0 Å². The molecule has 12 heteroatoms. The molecular formula is C17H15Cl2N3O4S3. The maximum absolute atomic E-state index is 12.6. The fourth-order valence-corrected chi connectivity index (χ4v) is 6.50. The molecule has 0 aliphatic carbocycles. The molecule has 1 saturated heterocycles. The molecule has 0 radical (unpaired) electrons. The van der Waals surface area contributed by atoms with Gasteiger partial charge in [-0.25, -0.2) is 0 Å². The second-order valence-electron chi connectivity index (χ2n) is 5.86. The summed E-state index contributed by atoms with van der Waals surface area (Å²) in [6, 6.07) is 9.40. The molecule has 3 rings (SSSR count). The Hall–Kier alpha value is -1.59. The number of benzene rings is 1. The SMILES string of the molecule is CCN1C(=O)C(CC(=O)Nc2ccc(Cl)cc2)SC1=NS(=O)(=O)c1ccc(Cl)s1. The molecular weight excluding hydrogens is 477 g/mol. The van der Waals surface area contributed by atoms with E-state index >= 15 is 0 Å². The van der Waals surface area contributed by atoms with E-state index in [-0.39, 0.29) is 34.2 Å². The molecule has 1 N–H and O–H groups in total. The lowest BCUT2D eigenvalue weighted by molar-refractivity contribution is -0.128. The first-order chi connectivity index (χ1) is 13.7. The van der Waals surface area contributed by atoms with Gasteiger partial charge in [0.25, 0.3) is 10.0 Å². The molecule has 7 nitrogen and oxygen atoms in total. The van der Waals surface area contributed by atoms with Gasteiger partial charge in [0, 0.05) is 23.7 Å². The van der Waals surface area contributed by atoms with Crippen molar-refractivity contribution in [2.24, 2.45) is 4.40 Å². The van der Waals surface area contributed by atoms with E-state index in [0.29, 0.717) is 15.0 Å². The fraction of sp³-hybridized carbons (Fsp3) is 0.235. The van der Waals surface area contributed by atoms with Crippen molar-refractivity contribution < 1.29 is 18.0 Å². The minimum absolute atomic E-state index is 0.0111. The molecule has 2 aromatic rings. The third-order valence-electron chi connectivity index (χ3n) is 3.84. The Labute approximate surface area is 186 Å². The number of thioether (sulfide) groups is 1. The molecule has 2 heterocycles. The fourth-order valence-electron chi connectivity index (χ4n) is 2.50. The topological polar surface area (TPSA) is 95.9 Å². The van der Waals surface area contributed by atoms with Gasteiger partial charge in [-0.15, -0.1) is 15.7 Å². The summed E-state index contributed by atoms with van der Waals surface area (Å²) in [6.07, 6.45) is -0.119. The highest BCUT2D eigenvalue weighted by Gasteiger charge is 2.39. The number of hydrogen-bond acceptors (Lipinski definition) is 6. The molecule has 154 valence electrons. The lowest BCUT2D eigenvalue weighted by Crippen LogP contribution is -2.33. The number of nitrogens with one attached hydrogen (secondary N) is 1. The van der Waals surface area contributed by atoms with Gasteiger partial charge in [0.2, 0.25) is 11.8 Å². The maximum Gasteiger partial charge on any atom is 0.294 e. The molecule has 29 heavy (non-hydrogen) atoms. The van der Waals surface area contributed by atoms with Crippen LogP contribution in [0.5, 0.6) is 0 Å². The monoisotopic (exact) mass is 491 g/mol. The highest BCUT2D eigenvalue weighted by molar-refractivity contribution is 8.16. The smallest absolute Gasteiger partial charge is 0.294 e. The van der Waals surface area contributed by atoms with Gasteiger partial charge in [-0.3, -0.25) is 14.5 Å². The molecule has 1 fully saturated rings. The van der Waals surface area contributed by atoms with Crippen molar-refractivity contribution in [2.75, 3.05) is 11.9 Å². The van der Waals surface area contributed by atoms with E-state index in [1.165, 1.54) is 17.0 Å². The zero-order valence-electron chi connectivity index (χ0n) is 15.0. The standard InChI is InChI=1S/C17H15Cl2N3O4S3/c1-2-22-16(24)12(9-14(23)20-11-5-3-10(18)4-6-11)27-17(22)21-29(25,26)15-8-7-13(19)28-15/h3-8,12H,2,9H2,1H3,(H,20,23). The Balaban J connectivity index is 1.74. The van der Waals surface area contributed by atoms with Gasteiger partial charge in [0.1, 0.15) is 9.46 Å². The van der Waals surface area contributed by atoms with Gasteiger partial charge in [-0.05, 0) is 43.3 Å². The van der Waals surface area contributed by atoms with Gasteiger partial charge in [0.15, 0.2) is 5.17 Å². The van der Waals surface area contributed by atoms with Gasteiger partial charge in [0.05, 0.1) is 4.34 Å². The molecule has 1 aromatic heterocycles. The number of rotatable bonds is 6. The summed E-state index contributed by atoms with van der Waals surface area (Å²) in [5.41, 5.74) is 0.549. The number of carbonyl (C=O) groups excluding carboxylic acids is 2. The van der Waals surface area contributed by atoms with Crippen LogP contribution >= 0.6 is 46.3 Å². The minimum atomic E-state index is -4.00. The van der Waals surface area contributed by atoms with Gasteiger partial charge >= 0.3 is 0 Å². The third kappa shape index (κ3) is 5.32. The van der Waals surface area contributed by atoms with Crippen molar-refractivity contribution in [1.82, 2.24) is 4.90 Å². The van der Waals surface area contributed by atoms with Gasteiger partial charge in [-0.1, -0.05) is 35.0 Å². The minimum Gasteiger partial charge on any atom is -0.326 e. The van der Waals surface area contributed by atoms with Crippen molar-refractivity contribution in [3.05, 3.63) is 45.8 Å². The molecule has 1 aliphatic rings. The van der Waals surface area contributed by atoms with Crippen molar-refractivity contribution in [2.45, 2.75) is 22.8 Å². The van der Waals surface area contributed by atoms with E-state index in [0.717, 1.165) is 23.1 Å². The lowest BCUT2D eigenvalue weighted by Gasteiger charge is -2.13. The lowest BCUT2D eigenvalue weighted by atomic mass is 10.2. The van der Waals surface area contributed by atoms with Crippen LogP contribution in [-0.2, 0) is 19.6 Å². The van der Waals surface area contributed by atoms with Crippen LogP contribution in [0.25, 0.3) is 0 Å². The molecule has 0 spiro atoms. The van der Waals surface area contributed by atoms with Crippen LogP contribution in [0, 0.1) is 0 Å². The van der Waals surface area contributed by atoms with Crippen molar-refractivity contribution in [3.63, 3.8) is 0 Å². The summed E-state index contributed by atoms with van der Waals surface area (Å²) < 4.78 is 29.1. The summed E-state index contributed by atoms with van der Waals surface area (Å²) in [5, 5.41) is 2.51. The van der Waals surface area contributed by atoms with Crippen LogP contribution in [0.2, 0.25) is 9.36 Å². The van der Waals surface area contributed by atoms with E-state index in [2.05, 4.69) is 9.71 Å². The zero-order valence-corrected chi connectivity index (χ0v) is 18.9. The van der Waals surface area contributed by atoms with Crippen LogP contribution in [-0.4, -0.2) is 42.1 Å². The number of amidine groups is 1. The van der Waals surface area contributed by atoms with Crippen LogP contribution in [0.15, 0.2) is 45.0 Å². The number of thiophene rings is 1. The summed E-state index contributed by atoms with van der Waals surface area (Å²) in [6.45, 7) is 1.94. The van der Waals surface area contributed by atoms with Crippen LogP contribution < -0.4 is 5.32 Å². The highest BCUT2D eigenvalue weighted by atomic mass is 35.5. The molecule has 1 unspecified atom stereocenters. The van der Waals surface area contributed by atoms with E-state index in [4.69, 9.17) is 23.2 Å². The van der Waals surface area contributed by atoms with Crippen LogP contribution in [0.1, 0.15) is 13.3 Å². The summed E-state index contributed by atoms with van der Waals surface area (Å²) >= 11 is 13.5. The Morgan fingerprint density at radius 1 is 1.21 bits per heavy atom. The Morgan fingerprint density at radius 2 is 1.90 bits per heavy atom. The Kier molecular flexibility index (Phi) is 6.90. The number of carbonyl (C=O) groups is 2. The normalized spacial score (nSPS) is 18.4. The van der Waals surface area contributed by atoms with Crippen molar-refractivity contribution >= 4 is 79.0 Å². The Morgan fingerprint density at radius 3 is 2.48 bits per heavy atom. The Bertz CT molecular complexity index is 1070. The second kappa shape index (κ2) is 9.05. The van der Waals surface area contributed by atoms with E-state index in [9.17, 15) is 18.0 Å². The molecule has 0 saturated carbocycles.